The Kier molecular flexibility index (Phi) is 6.42. The molecule has 0 spiro atoms. The Balaban J connectivity index is 1.37. The highest BCUT2D eigenvalue weighted by Gasteiger charge is 2.24. The van der Waals surface area contributed by atoms with Crippen molar-refractivity contribution in [3.63, 3.8) is 0 Å². The van der Waals surface area contributed by atoms with Crippen LogP contribution in [0.15, 0.2) is 72.1 Å². The molecule has 1 heterocycles. The van der Waals surface area contributed by atoms with E-state index in [4.69, 9.17) is 4.74 Å². The van der Waals surface area contributed by atoms with E-state index in [0.29, 0.717) is 19.0 Å². The van der Waals surface area contributed by atoms with Crippen LogP contribution < -0.4 is 10.1 Å². The van der Waals surface area contributed by atoms with Gasteiger partial charge in [-0.3, -0.25) is 0 Å². The molecule has 0 radical (unpaired) electrons. The minimum absolute atomic E-state index is 0.274. The van der Waals surface area contributed by atoms with Crippen LogP contribution in [0.2, 0.25) is 0 Å². The third kappa shape index (κ3) is 5.02. The van der Waals surface area contributed by atoms with E-state index in [-0.39, 0.29) is 6.10 Å². The first-order chi connectivity index (χ1) is 13.8. The molecule has 3 atom stereocenters. The number of rotatable bonds is 8. The molecule has 0 amide bonds. The molecule has 4 heteroatoms. The largest absolute Gasteiger partial charge is 0.478 e. The first-order valence-electron chi connectivity index (χ1n) is 10.0. The van der Waals surface area contributed by atoms with Crippen molar-refractivity contribution < 1.29 is 9.84 Å². The van der Waals surface area contributed by atoms with Gasteiger partial charge in [0.1, 0.15) is 12.2 Å². The average molecular weight is 394 g/mol. The maximum absolute atomic E-state index is 10.9. The fourth-order valence-corrected chi connectivity index (χ4v) is 4.50. The van der Waals surface area contributed by atoms with Crippen LogP contribution in [0.4, 0.5) is 0 Å². The van der Waals surface area contributed by atoms with Crippen LogP contribution in [0.5, 0.6) is 5.06 Å². The topological polar surface area (TPSA) is 41.5 Å². The molecule has 1 aliphatic carbocycles. The number of ether oxygens (including phenoxy) is 1. The van der Waals surface area contributed by atoms with Gasteiger partial charge in [-0.25, -0.2) is 0 Å². The molecule has 0 aliphatic heterocycles. The number of benzene rings is 2. The maximum atomic E-state index is 10.9. The van der Waals surface area contributed by atoms with Crippen molar-refractivity contribution in [2.24, 2.45) is 0 Å². The van der Waals surface area contributed by atoms with E-state index in [1.807, 2.05) is 35.7 Å². The van der Waals surface area contributed by atoms with Gasteiger partial charge in [-0.1, -0.05) is 54.6 Å². The highest BCUT2D eigenvalue weighted by molar-refractivity contribution is 7.11. The van der Waals surface area contributed by atoms with Crippen LogP contribution in [0.25, 0.3) is 0 Å². The molecule has 2 N–H and O–H groups in total. The smallest absolute Gasteiger partial charge is 0.174 e. The monoisotopic (exact) mass is 393 g/mol. The zero-order valence-electron chi connectivity index (χ0n) is 16.0. The number of thiophene rings is 1. The highest BCUT2D eigenvalue weighted by atomic mass is 32.1. The van der Waals surface area contributed by atoms with Crippen LogP contribution in [0, 0.1) is 0 Å². The molecule has 0 saturated heterocycles. The van der Waals surface area contributed by atoms with Gasteiger partial charge in [-0.05, 0) is 53.5 Å². The summed E-state index contributed by atoms with van der Waals surface area (Å²) in [5.74, 6) is 0. The van der Waals surface area contributed by atoms with E-state index in [0.717, 1.165) is 24.3 Å². The highest BCUT2D eigenvalue weighted by Crippen LogP contribution is 2.23. The molecule has 1 aliphatic rings. The Bertz CT molecular complexity index is 850. The van der Waals surface area contributed by atoms with Gasteiger partial charge in [0.2, 0.25) is 0 Å². The fourth-order valence-electron chi connectivity index (χ4n) is 3.87. The summed E-state index contributed by atoms with van der Waals surface area (Å²) in [6, 6.07) is 23.3. The second kappa shape index (κ2) is 9.37. The van der Waals surface area contributed by atoms with Crippen molar-refractivity contribution in [3.8, 4) is 5.06 Å². The van der Waals surface area contributed by atoms with E-state index < -0.39 is 6.10 Å². The minimum Gasteiger partial charge on any atom is -0.478 e. The predicted octanol–water partition coefficient (Wildman–Crippen LogP) is 4.25. The van der Waals surface area contributed by atoms with Gasteiger partial charge in [-0.15, -0.1) is 11.3 Å². The van der Waals surface area contributed by atoms with Crippen molar-refractivity contribution in [2.75, 3.05) is 6.54 Å². The summed E-state index contributed by atoms with van der Waals surface area (Å²) in [5.41, 5.74) is 4.06. The van der Waals surface area contributed by atoms with E-state index in [1.54, 1.807) is 11.3 Å². The molecule has 3 aromatic rings. The van der Waals surface area contributed by atoms with E-state index in [9.17, 15) is 5.11 Å². The molecule has 0 bridgehead atoms. The van der Waals surface area contributed by atoms with Crippen molar-refractivity contribution in [1.82, 2.24) is 5.32 Å². The van der Waals surface area contributed by atoms with Crippen molar-refractivity contribution in [1.29, 1.82) is 0 Å². The fraction of sp³-hybridized carbons (Fsp3) is 0.333. The van der Waals surface area contributed by atoms with Gasteiger partial charge >= 0.3 is 0 Å². The molecule has 0 saturated carbocycles. The Morgan fingerprint density at radius 3 is 2.57 bits per heavy atom. The number of hydrogen-bond acceptors (Lipinski definition) is 4. The summed E-state index contributed by atoms with van der Waals surface area (Å²) < 4.78 is 6.14. The van der Waals surface area contributed by atoms with Crippen LogP contribution in [-0.2, 0) is 19.3 Å². The van der Waals surface area contributed by atoms with Gasteiger partial charge in [0.25, 0.3) is 0 Å². The Labute approximate surface area is 171 Å². The number of fused-ring (bicyclic) bond motifs is 1. The molecule has 2 aromatic carbocycles. The first-order valence-corrected chi connectivity index (χ1v) is 10.9. The standard InChI is InChI=1S/C24H27NO2S/c26-22(17-25-21-13-12-19-9-4-5-10-20(19)16-21)23(27-24-11-6-14-28-24)15-18-7-2-1-3-8-18/h1-11,14,21-23,25-26H,12-13,15-17H2. The summed E-state index contributed by atoms with van der Waals surface area (Å²) in [4.78, 5) is 0. The van der Waals surface area contributed by atoms with E-state index >= 15 is 0 Å². The average Bonchev–Trinajstić information content (AvgIpc) is 3.25. The quantitative estimate of drug-likeness (QED) is 0.601. The number of nitrogens with one attached hydrogen (secondary N) is 1. The Morgan fingerprint density at radius 2 is 1.79 bits per heavy atom. The van der Waals surface area contributed by atoms with Gasteiger partial charge in [0.15, 0.2) is 5.06 Å². The number of hydrogen-bond donors (Lipinski definition) is 2. The molecule has 146 valence electrons. The lowest BCUT2D eigenvalue weighted by Crippen LogP contribution is -2.45. The number of aryl methyl sites for hydroxylation is 1. The third-order valence-corrected chi connectivity index (χ3v) is 6.19. The zero-order chi connectivity index (χ0) is 19.2. The van der Waals surface area contributed by atoms with Gasteiger partial charge in [-0.2, -0.15) is 0 Å². The second-order valence-electron chi connectivity index (χ2n) is 7.46. The van der Waals surface area contributed by atoms with Crippen LogP contribution >= 0.6 is 11.3 Å². The van der Waals surface area contributed by atoms with E-state index in [2.05, 4.69) is 41.7 Å². The summed E-state index contributed by atoms with van der Waals surface area (Å²) in [6.07, 6.45) is 3.08. The maximum Gasteiger partial charge on any atom is 0.174 e. The van der Waals surface area contributed by atoms with Crippen LogP contribution in [0.1, 0.15) is 23.1 Å². The SMILES string of the molecule is OC(CNC1CCc2ccccc2C1)C(Cc1ccccc1)Oc1cccs1. The lowest BCUT2D eigenvalue weighted by atomic mass is 9.88. The summed E-state index contributed by atoms with van der Waals surface area (Å²) in [6.45, 7) is 0.537. The molecular formula is C24H27NO2S. The summed E-state index contributed by atoms with van der Waals surface area (Å²) in [5, 5.41) is 17.3. The Hall–Kier alpha value is -2.14. The molecule has 1 aromatic heterocycles. The molecule has 3 unspecified atom stereocenters. The van der Waals surface area contributed by atoms with Gasteiger partial charge in [0, 0.05) is 19.0 Å². The summed E-state index contributed by atoms with van der Waals surface area (Å²) in [7, 11) is 0. The minimum atomic E-state index is -0.570. The normalized spacial score (nSPS) is 18.2. The summed E-state index contributed by atoms with van der Waals surface area (Å²) >= 11 is 1.56. The molecule has 4 rings (SSSR count). The molecular weight excluding hydrogens is 366 g/mol. The zero-order valence-corrected chi connectivity index (χ0v) is 16.8. The van der Waals surface area contributed by atoms with Crippen LogP contribution in [-0.4, -0.2) is 29.9 Å². The predicted molar refractivity (Wildman–Crippen MR) is 115 cm³/mol. The van der Waals surface area contributed by atoms with Crippen molar-refractivity contribution >= 4 is 11.3 Å². The number of aliphatic hydroxyl groups is 1. The second-order valence-corrected chi connectivity index (χ2v) is 8.37. The van der Waals surface area contributed by atoms with Crippen molar-refractivity contribution in [2.45, 2.75) is 43.9 Å². The lowest BCUT2D eigenvalue weighted by molar-refractivity contribution is 0.0370. The number of aliphatic hydroxyl groups excluding tert-OH is 1. The van der Waals surface area contributed by atoms with Crippen molar-refractivity contribution in [3.05, 3.63) is 88.8 Å². The molecule has 3 nitrogen and oxygen atoms in total. The van der Waals surface area contributed by atoms with Crippen LogP contribution in [0.3, 0.4) is 0 Å². The first kappa shape index (κ1) is 19.2. The molecule has 0 fully saturated rings. The molecule has 28 heavy (non-hydrogen) atoms. The Morgan fingerprint density at radius 1 is 1.00 bits per heavy atom. The van der Waals surface area contributed by atoms with Gasteiger partial charge < -0.3 is 15.2 Å². The van der Waals surface area contributed by atoms with Gasteiger partial charge in [0.05, 0.1) is 0 Å². The van der Waals surface area contributed by atoms with E-state index in [1.165, 1.54) is 16.7 Å². The third-order valence-electron chi connectivity index (χ3n) is 5.43. The lowest BCUT2D eigenvalue weighted by Gasteiger charge is -2.29.